The molecule has 6 atom stereocenters. The van der Waals surface area contributed by atoms with Gasteiger partial charge in [-0.1, -0.05) is 154 Å². The number of carbonyl (C=O) groups excluding carboxylic acids is 2. The van der Waals surface area contributed by atoms with Gasteiger partial charge >= 0.3 is 11.9 Å². The Hall–Kier alpha value is -1.87. The van der Waals surface area contributed by atoms with Gasteiger partial charge in [-0.05, 0) is 64.2 Å². The number of ether oxygens (including phenoxy) is 4. The molecule has 1 rings (SSSR count). The van der Waals surface area contributed by atoms with Crippen molar-refractivity contribution in [1.29, 1.82) is 0 Å². The van der Waals surface area contributed by atoms with E-state index < -0.39 is 71.2 Å². The molecule has 0 aliphatic carbocycles. The van der Waals surface area contributed by atoms with Gasteiger partial charge in [-0.15, -0.1) is 0 Å². The molecule has 0 radical (unpaired) electrons. The fourth-order valence-corrected chi connectivity index (χ4v) is 7.95. The molecule has 0 aromatic carbocycles. The van der Waals surface area contributed by atoms with Crippen LogP contribution in [0.5, 0.6) is 0 Å². The van der Waals surface area contributed by atoms with Crippen LogP contribution in [0, 0.1) is 0 Å². The van der Waals surface area contributed by atoms with Crippen LogP contribution in [0.4, 0.5) is 0 Å². The van der Waals surface area contributed by atoms with Gasteiger partial charge in [-0.3, -0.25) is 14.1 Å². The van der Waals surface area contributed by atoms with Gasteiger partial charge in [-0.25, -0.2) is 0 Å². The number of aliphatic hydroxyl groups is 3. The molecule has 12 nitrogen and oxygen atoms in total. The molecule has 4 N–H and O–H groups in total. The van der Waals surface area contributed by atoms with Crippen LogP contribution in [-0.4, -0.2) is 96.0 Å². The SMILES string of the molecule is CCCCCC/C=C\CCCCCCCC(=O)OCC(COC1OC(CS(=O)(=O)O)C(O)C(O)C1O)OC(=O)CCCCCCCCCCC/C=C\CCCCCCCC. The van der Waals surface area contributed by atoms with Crippen LogP contribution in [0.25, 0.3) is 0 Å². The summed E-state index contributed by atoms with van der Waals surface area (Å²) in [6.07, 6.45) is 32.2. The summed E-state index contributed by atoms with van der Waals surface area (Å²) in [6, 6.07) is 0. The monoisotopic (exact) mass is 875 g/mol. The maximum absolute atomic E-state index is 12.8. The average Bonchev–Trinajstić information content (AvgIpc) is 3.21. The highest BCUT2D eigenvalue weighted by Gasteiger charge is 2.46. The molecule has 1 aliphatic heterocycles. The van der Waals surface area contributed by atoms with E-state index in [1.807, 2.05) is 0 Å². The number of aliphatic hydroxyl groups excluding tert-OH is 3. The van der Waals surface area contributed by atoms with Crippen molar-refractivity contribution in [1.82, 2.24) is 0 Å². The van der Waals surface area contributed by atoms with Crippen molar-refractivity contribution in [2.45, 2.75) is 243 Å². The van der Waals surface area contributed by atoms with Crippen LogP contribution in [-0.2, 0) is 38.7 Å². The lowest BCUT2D eigenvalue weighted by molar-refractivity contribution is -0.297. The van der Waals surface area contributed by atoms with Crippen LogP contribution in [0.3, 0.4) is 0 Å². The van der Waals surface area contributed by atoms with Gasteiger partial charge in [0, 0.05) is 12.8 Å². The Morgan fingerprint density at radius 2 is 0.950 bits per heavy atom. The zero-order valence-corrected chi connectivity index (χ0v) is 38.4. The Morgan fingerprint density at radius 3 is 1.40 bits per heavy atom. The molecule has 0 saturated carbocycles. The van der Waals surface area contributed by atoms with Gasteiger partial charge in [0.25, 0.3) is 10.1 Å². The molecule has 352 valence electrons. The Kier molecular flexibility index (Phi) is 35.2. The van der Waals surface area contributed by atoms with E-state index in [9.17, 15) is 37.9 Å². The second-order valence-corrected chi connectivity index (χ2v) is 18.3. The molecule has 0 spiro atoms. The number of esters is 2. The van der Waals surface area contributed by atoms with Crippen LogP contribution in [0.2, 0.25) is 0 Å². The van der Waals surface area contributed by atoms with E-state index in [-0.39, 0.29) is 19.4 Å². The number of allylic oxidation sites excluding steroid dienone is 4. The second kappa shape index (κ2) is 37.7. The number of rotatable bonds is 40. The minimum absolute atomic E-state index is 0.162. The summed E-state index contributed by atoms with van der Waals surface area (Å²) in [5, 5.41) is 30.9. The Labute approximate surface area is 364 Å². The van der Waals surface area contributed by atoms with Crippen LogP contribution in [0.1, 0.15) is 206 Å². The van der Waals surface area contributed by atoms with Crippen LogP contribution in [0.15, 0.2) is 24.3 Å². The third kappa shape index (κ3) is 31.9. The number of unbranched alkanes of at least 4 members (excludes halogenated alkanes) is 24. The van der Waals surface area contributed by atoms with E-state index >= 15 is 0 Å². The summed E-state index contributed by atoms with van der Waals surface area (Å²) in [5.41, 5.74) is 0. The molecule has 13 heteroatoms. The lowest BCUT2D eigenvalue weighted by Crippen LogP contribution is -2.60. The van der Waals surface area contributed by atoms with Crippen molar-refractivity contribution >= 4 is 22.1 Å². The highest BCUT2D eigenvalue weighted by molar-refractivity contribution is 7.85. The third-order valence-electron chi connectivity index (χ3n) is 11.0. The second-order valence-electron chi connectivity index (χ2n) is 16.8. The molecule has 6 unspecified atom stereocenters. The van der Waals surface area contributed by atoms with Crippen molar-refractivity contribution < 1.29 is 56.8 Å². The average molecular weight is 875 g/mol. The molecule has 1 aliphatic rings. The van der Waals surface area contributed by atoms with Crippen molar-refractivity contribution in [2.24, 2.45) is 0 Å². The molecule has 0 aromatic heterocycles. The molecular weight excluding hydrogens is 789 g/mol. The smallest absolute Gasteiger partial charge is 0.306 e. The number of hydrogen-bond donors (Lipinski definition) is 4. The van der Waals surface area contributed by atoms with E-state index in [4.69, 9.17) is 18.9 Å². The third-order valence-corrected chi connectivity index (χ3v) is 11.8. The molecular formula is C47H86O12S. The van der Waals surface area contributed by atoms with Gasteiger partial charge < -0.3 is 34.3 Å². The first-order valence-electron chi connectivity index (χ1n) is 23.9. The predicted molar refractivity (Wildman–Crippen MR) is 238 cm³/mol. The minimum atomic E-state index is -4.60. The molecule has 0 amide bonds. The van der Waals surface area contributed by atoms with Crippen LogP contribution >= 0.6 is 0 Å². The molecule has 0 aromatic rings. The molecule has 1 saturated heterocycles. The lowest BCUT2D eigenvalue weighted by atomic mass is 10.00. The van der Waals surface area contributed by atoms with E-state index in [0.29, 0.717) is 12.8 Å². The van der Waals surface area contributed by atoms with Gasteiger partial charge in [-0.2, -0.15) is 8.42 Å². The van der Waals surface area contributed by atoms with Crippen molar-refractivity contribution in [3.63, 3.8) is 0 Å². The van der Waals surface area contributed by atoms with E-state index in [1.54, 1.807) is 0 Å². The zero-order valence-electron chi connectivity index (χ0n) is 37.6. The fourth-order valence-electron chi connectivity index (χ4n) is 7.25. The Bertz CT molecular complexity index is 1210. The normalized spacial score (nSPS) is 20.3. The fraction of sp³-hybridized carbons (Fsp3) is 0.872. The Balaban J connectivity index is 2.41. The molecule has 60 heavy (non-hydrogen) atoms. The first kappa shape index (κ1) is 56.1. The van der Waals surface area contributed by atoms with Crippen molar-refractivity contribution in [3.8, 4) is 0 Å². The highest BCUT2D eigenvalue weighted by atomic mass is 32.2. The van der Waals surface area contributed by atoms with Crippen molar-refractivity contribution in [2.75, 3.05) is 19.0 Å². The largest absolute Gasteiger partial charge is 0.462 e. The van der Waals surface area contributed by atoms with Gasteiger partial charge in [0.15, 0.2) is 12.4 Å². The first-order valence-corrected chi connectivity index (χ1v) is 25.5. The van der Waals surface area contributed by atoms with Gasteiger partial charge in [0.1, 0.15) is 36.8 Å². The maximum atomic E-state index is 12.8. The summed E-state index contributed by atoms with van der Waals surface area (Å²) in [4.78, 5) is 25.4. The number of carbonyl (C=O) groups is 2. The van der Waals surface area contributed by atoms with Gasteiger partial charge in [0.05, 0.1) is 6.61 Å². The Morgan fingerprint density at radius 1 is 0.550 bits per heavy atom. The van der Waals surface area contributed by atoms with E-state index in [2.05, 4.69) is 38.2 Å². The lowest BCUT2D eigenvalue weighted by Gasteiger charge is -2.40. The van der Waals surface area contributed by atoms with E-state index in [0.717, 1.165) is 57.8 Å². The summed E-state index contributed by atoms with van der Waals surface area (Å²) in [6.45, 7) is 3.74. The molecule has 0 bridgehead atoms. The highest BCUT2D eigenvalue weighted by Crippen LogP contribution is 2.24. The summed E-state index contributed by atoms with van der Waals surface area (Å²) in [5.74, 6) is -1.99. The van der Waals surface area contributed by atoms with E-state index in [1.165, 1.54) is 109 Å². The number of hydrogen-bond acceptors (Lipinski definition) is 11. The predicted octanol–water partition coefficient (Wildman–Crippen LogP) is 10.0. The summed E-state index contributed by atoms with van der Waals surface area (Å²) >= 11 is 0. The summed E-state index contributed by atoms with van der Waals surface area (Å²) < 4.78 is 54.1. The van der Waals surface area contributed by atoms with Crippen LogP contribution < -0.4 is 0 Å². The standard InChI is InChI=1S/C47H86O12S/c1-3-5-7-9-11-13-15-17-18-19-20-21-22-24-26-28-30-32-34-36-43(49)58-40(38-57-47-46(52)45(51)44(50)41(59-47)39-60(53,54)55)37-56-42(48)35-33-31-29-27-25-23-16-14-12-10-8-6-4-2/h14,16-18,40-41,44-47,50-52H,3-13,15,19-39H2,1-2H3,(H,53,54,55)/b16-14-,18-17-. The summed E-state index contributed by atoms with van der Waals surface area (Å²) in [7, 11) is -4.60. The minimum Gasteiger partial charge on any atom is -0.462 e. The maximum Gasteiger partial charge on any atom is 0.306 e. The quantitative estimate of drug-likeness (QED) is 0.0198. The van der Waals surface area contributed by atoms with Crippen molar-refractivity contribution in [3.05, 3.63) is 24.3 Å². The topological polar surface area (TPSA) is 186 Å². The first-order chi connectivity index (χ1) is 29.0. The zero-order chi connectivity index (χ0) is 44.1. The molecule has 1 heterocycles. The van der Waals surface area contributed by atoms with Gasteiger partial charge in [0.2, 0.25) is 0 Å². The molecule has 1 fully saturated rings.